The van der Waals surface area contributed by atoms with E-state index in [0.717, 1.165) is 10.1 Å². The van der Waals surface area contributed by atoms with Crippen molar-refractivity contribution in [3.8, 4) is 0 Å². The van der Waals surface area contributed by atoms with Crippen molar-refractivity contribution in [3.05, 3.63) is 56.5 Å². The van der Waals surface area contributed by atoms with Crippen LogP contribution >= 0.6 is 0 Å². The van der Waals surface area contributed by atoms with Crippen LogP contribution in [-0.2, 0) is 11.3 Å². The van der Waals surface area contributed by atoms with Crippen molar-refractivity contribution >= 4 is 11.7 Å². The van der Waals surface area contributed by atoms with E-state index in [4.69, 9.17) is 0 Å². The number of hydrogen-bond donors (Lipinski definition) is 2. The molecule has 2 heterocycles. The molecule has 0 aliphatic rings. The minimum Gasteiger partial charge on any atom is -0.314 e. The molecule has 0 spiro atoms. The Bertz CT molecular complexity index is 761. The summed E-state index contributed by atoms with van der Waals surface area (Å²) in [5.74, 6) is -0.103. The quantitative estimate of drug-likeness (QED) is 0.834. The van der Waals surface area contributed by atoms with Gasteiger partial charge < -0.3 is 10.3 Å². The highest BCUT2D eigenvalue weighted by molar-refractivity contribution is 5.89. The van der Waals surface area contributed by atoms with Crippen molar-refractivity contribution in [2.75, 3.05) is 5.32 Å². The number of aromatic amines is 1. The second kappa shape index (κ2) is 5.52. The normalized spacial score (nSPS) is 10.3. The average Bonchev–Trinajstić information content (AvgIpc) is 2.39. The van der Waals surface area contributed by atoms with E-state index in [9.17, 15) is 14.4 Å². The van der Waals surface area contributed by atoms with Crippen LogP contribution in [0.1, 0.15) is 11.1 Å². The predicted octanol–water partition coefficient (Wildman–Crippen LogP) is 0.187. The standard InChI is InChI=1S/C13H14N4O3/c1-8-3-4-14-10(5-8)16-11(18)7-17-12(19)9(2)6-15-13(17)20/h3-6H,7H2,1-2H3,(H,15,20)(H,14,16,18). The summed E-state index contributed by atoms with van der Waals surface area (Å²) in [5, 5.41) is 2.54. The number of hydrogen-bond acceptors (Lipinski definition) is 4. The van der Waals surface area contributed by atoms with Gasteiger partial charge in [0.05, 0.1) is 0 Å². The second-order valence-corrected chi connectivity index (χ2v) is 4.43. The first-order valence-corrected chi connectivity index (χ1v) is 5.99. The molecule has 104 valence electrons. The zero-order chi connectivity index (χ0) is 14.7. The molecule has 0 atom stereocenters. The van der Waals surface area contributed by atoms with Gasteiger partial charge in [0.2, 0.25) is 5.91 Å². The predicted molar refractivity (Wildman–Crippen MR) is 73.7 cm³/mol. The minimum absolute atomic E-state index is 0.356. The Hall–Kier alpha value is -2.70. The molecule has 0 bridgehead atoms. The highest BCUT2D eigenvalue weighted by atomic mass is 16.2. The molecule has 20 heavy (non-hydrogen) atoms. The van der Waals surface area contributed by atoms with Crippen molar-refractivity contribution in [3.63, 3.8) is 0 Å². The van der Waals surface area contributed by atoms with Gasteiger partial charge in [-0.3, -0.25) is 14.2 Å². The maximum Gasteiger partial charge on any atom is 0.328 e. The fourth-order valence-electron chi connectivity index (χ4n) is 1.69. The highest BCUT2D eigenvalue weighted by Crippen LogP contribution is 2.04. The third-order valence-electron chi connectivity index (χ3n) is 2.72. The zero-order valence-electron chi connectivity index (χ0n) is 11.1. The van der Waals surface area contributed by atoms with Crippen molar-refractivity contribution in [1.29, 1.82) is 0 Å². The lowest BCUT2D eigenvalue weighted by Crippen LogP contribution is -2.39. The fraction of sp³-hybridized carbons (Fsp3) is 0.231. The third-order valence-corrected chi connectivity index (χ3v) is 2.72. The Morgan fingerprint density at radius 3 is 2.85 bits per heavy atom. The van der Waals surface area contributed by atoms with Gasteiger partial charge in [0.25, 0.3) is 5.56 Å². The van der Waals surface area contributed by atoms with E-state index in [1.807, 2.05) is 6.92 Å². The number of nitrogens with zero attached hydrogens (tertiary/aromatic N) is 2. The molecule has 2 N–H and O–H groups in total. The number of nitrogens with one attached hydrogen (secondary N) is 2. The maximum atomic E-state index is 11.8. The number of anilines is 1. The molecule has 2 rings (SSSR count). The molecule has 7 nitrogen and oxygen atoms in total. The Morgan fingerprint density at radius 1 is 1.40 bits per heavy atom. The first kappa shape index (κ1) is 13.7. The van der Waals surface area contributed by atoms with Gasteiger partial charge in [-0.25, -0.2) is 9.78 Å². The van der Waals surface area contributed by atoms with E-state index in [0.29, 0.717) is 11.4 Å². The molecule has 0 saturated carbocycles. The topological polar surface area (TPSA) is 96.8 Å². The molecule has 2 aromatic heterocycles. The van der Waals surface area contributed by atoms with Crippen molar-refractivity contribution in [1.82, 2.24) is 14.5 Å². The van der Waals surface area contributed by atoms with Crippen LogP contribution in [0.2, 0.25) is 0 Å². The average molecular weight is 274 g/mol. The smallest absolute Gasteiger partial charge is 0.314 e. The van der Waals surface area contributed by atoms with Crippen LogP contribution in [0.15, 0.2) is 34.1 Å². The molecule has 1 amide bonds. The van der Waals surface area contributed by atoms with Crippen LogP contribution < -0.4 is 16.6 Å². The van der Waals surface area contributed by atoms with Crippen molar-refractivity contribution < 1.29 is 4.79 Å². The van der Waals surface area contributed by atoms with Gasteiger partial charge in [-0.15, -0.1) is 0 Å². The Labute approximate surface area is 114 Å². The number of aryl methyl sites for hydroxylation is 2. The van der Waals surface area contributed by atoms with Crippen LogP contribution in [0.4, 0.5) is 5.82 Å². The number of aromatic nitrogens is 3. The van der Waals surface area contributed by atoms with Gasteiger partial charge in [0.15, 0.2) is 0 Å². The van der Waals surface area contributed by atoms with Gasteiger partial charge in [0, 0.05) is 18.0 Å². The van der Waals surface area contributed by atoms with E-state index < -0.39 is 17.2 Å². The molecule has 2 aromatic rings. The molecule has 0 unspecified atom stereocenters. The summed E-state index contributed by atoms with van der Waals surface area (Å²) in [6.07, 6.45) is 2.89. The Balaban J connectivity index is 2.19. The van der Waals surface area contributed by atoms with Gasteiger partial charge in [0.1, 0.15) is 12.4 Å². The van der Waals surface area contributed by atoms with Crippen LogP contribution in [0.3, 0.4) is 0 Å². The number of carbonyl (C=O) groups excluding carboxylic acids is 1. The van der Waals surface area contributed by atoms with Crippen LogP contribution in [0, 0.1) is 13.8 Å². The SMILES string of the molecule is Cc1ccnc(NC(=O)Cn2c(=O)[nH]cc(C)c2=O)c1. The number of amides is 1. The monoisotopic (exact) mass is 274 g/mol. The molecule has 0 saturated heterocycles. The first-order valence-electron chi connectivity index (χ1n) is 5.99. The zero-order valence-corrected chi connectivity index (χ0v) is 11.1. The molecule has 7 heteroatoms. The maximum absolute atomic E-state index is 11.8. The second-order valence-electron chi connectivity index (χ2n) is 4.43. The largest absolute Gasteiger partial charge is 0.328 e. The van der Waals surface area contributed by atoms with Gasteiger partial charge in [-0.05, 0) is 31.5 Å². The lowest BCUT2D eigenvalue weighted by atomic mass is 10.3. The minimum atomic E-state index is -0.618. The summed E-state index contributed by atoms with van der Waals surface area (Å²) in [4.78, 5) is 41.5. The molecular formula is C13H14N4O3. The van der Waals surface area contributed by atoms with E-state index in [1.165, 1.54) is 6.20 Å². The van der Waals surface area contributed by atoms with Gasteiger partial charge in [-0.1, -0.05) is 0 Å². The van der Waals surface area contributed by atoms with E-state index in [-0.39, 0.29) is 6.54 Å². The number of pyridine rings is 1. The summed E-state index contributed by atoms with van der Waals surface area (Å²) in [6, 6.07) is 3.49. The Kier molecular flexibility index (Phi) is 3.79. The third kappa shape index (κ3) is 3.00. The van der Waals surface area contributed by atoms with Crippen LogP contribution in [0.25, 0.3) is 0 Å². The van der Waals surface area contributed by atoms with Crippen molar-refractivity contribution in [2.24, 2.45) is 0 Å². The fourth-order valence-corrected chi connectivity index (χ4v) is 1.69. The molecule has 0 fully saturated rings. The van der Waals surface area contributed by atoms with E-state index >= 15 is 0 Å². The summed E-state index contributed by atoms with van der Waals surface area (Å²) >= 11 is 0. The first-order chi connectivity index (χ1) is 9.47. The molecule has 0 aromatic carbocycles. The van der Waals surface area contributed by atoms with Crippen LogP contribution in [0.5, 0.6) is 0 Å². The number of H-pyrrole nitrogens is 1. The van der Waals surface area contributed by atoms with Gasteiger partial charge in [-0.2, -0.15) is 0 Å². The molecular weight excluding hydrogens is 260 g/mol. The lowest BCUT2D eigenvalue weighted by Gasteiger charge is -2.07. The molecule has 0 radical (unpaired) electrons. The van der Waals surface area contributed by atoms with Crippen LogP contribution in [-0.4, -0.2) is 20.4 Å². The molecule has 0 aliphatic carbocycles. The number of rotatable bonds is 3. The summed E-state index contributed by atoms with van der Waals surface area (Å²) in [7, 11) is 0. The van der Waals surface area contributed by atoms with E-state index in [1.54, 1.807) is 25.3 Å². The molecule has 0 aliphatic heterocycles. The van der Waals surface area contributed by atoms with Gasteiger partial charge >= 0.3 is 5.69 Å². The highest BCUT2D eigenvalue weighted by Gasteiger charge is 2.10. The van der Waals surface area contributed by atoms with E-state index in [2.05, 4.69) is 15.3 Å². The summed E-state index contributed by atoms with van der Waals surface area (Å²) in [6.45, 7) is 3.08. The summed E-state index contributed by atoms with van der Waals surface area (Å²) in [5.41, 5.74) is 0.209. The Morgan fingerprint density at radius 2 is 2.15 bits per heavy atom. The van der Waals surface area contributed by atoms with Crippen molar-refractivity contribution in [2.45, 2.75) is 20.4 Å². The number of carbonyl (C=O) groups is 1. The summed E-state index contributed by atoms with van der Waals surface area (Å²) < 4.78 is 0.848. The lowest BCUT2D eigenvalue weighted by molar-refractivity contribution is -0.116.